The predicted molar refractivity (Wildman–Crippen MR) is 237 cm³/mol. The standard InChI is InChI=1S/C49H57N5O7/c1-4-33-18-20-36(21-19-33)29-44(49(59)60)54-46(56)41(17-11-12-26-50)51-47(57)43(28-35-15-9-6-10-16-35)53-48(58)42(27-34-13-7-5-8-14-34)52-45(55)32(2)37-22-23-39-31-40(61-3)25-24-38(39)30-37/h5-10,13-16,18-25,30-32,41-44H,4,11-12,17,26-29,50H2,1-3H3,(H,51,57)(H,52,55)(H,53,58)(H,54,56)(H,59,60). The number of hydrogen-bond acceptors (Lipinski definition) is 7. The summed E-state index contributed by atoms with van der Waals surface area (Å²) < 4.78 is 5.35. The largest absolute Gasteiger partial charge is 0.497 e. The number of nitrogens with two attached hydrogens (primary N) is 1. The number of fused-ring (bicyclic) bond motifs is 1. The second kappa shape index (κ2) is 22.7. The smallest absolute Gasteiger partial charge is 0.326 e. The minimum Gasteiger partial charge on any atom is -0.497 e. The van der Waals surface area contributed by atoms with Gasteiger partial charge in [-0.25, -0.2) is 4.79 Å². The average molecular weight is 828 g/mol. The number of benzene rings is 5. The van der Waals surface area contributed by atoms with Gasteiger partial charge in [-0.1, -0.05) is 116 Å². The fourth-order valence-electron chi connectivity index (χ4n) is 7.13. The number of unbranched alkanes of at least 4 members (excludes halogenated alkanes) is 1. The van der Waals surface area contributed by atoms with Crippen LogP contribution < -0.4 is 31.7 Å². The minimum absolute atomic E-state index is 0.0461. The maximum atomic E-state index is 14.4. The van der Waals surface area contributed by atoms with Crippen molar-refractivity contribution in [2.24, 2.45) is 5.73 Å². The van der Waals surface area contributed by atoms with E-state index in [0.29, 0.717) is 19.4 Å². The first-order valence-corrected chi connectivity index (χ1v) is 20.9. The zero-order valence-corrected chi connectivity index (χ0v) is 35.1. The summed E-state index contributed by atoms with van der Waals surface area (Å²) in [5, 5.41) is 23.3. The molecule has 0 saturated heterocycles. The molecule has 4 amide bonds. The molecule has 61 heavy (non-hydrogen) atoms. The first kappa shape index (κ1) is 45.6. The number of nitrogens with one attached hydrogen (secondary N) is 4. The van der Waals surface area contributed by atoms with Gasteiger partial charge < -0.3 is 36.8 Å². The summed E-state index contributed by atoms with van der Waals surface area (Å²) in [4.78, 5) is 68.8. The van der Waals surface area contributed by atoms with Crippen molar-refractivity contribution in [2.45, 2.75) is 88.9 Å². The number of aryl methyl sites for hydroxylation is 1. The van der Waals surface area contributed by atoms with Crippen LogP contribution in [0.25, 0.3) is 10.8 Å². The number of ether oxygens (including phenoxy) is 1. The molecule has 12 heteroatoms. The number of amides is 4. The number of carboxylic acids is 1. The lowest BCUT2D eigenvalue weighted by Crippen LogP contribution is -2.58. The van der Waals surface area contributed by atoms with Crippen molar-refractivity contribution >= 4 is 40.4 Å². The fourth-order valence-corrected chi connectivity index (χ4v) is 7.13. The van der Waals surface area contributed by atoms with Gasteiger partial charge in [-0.15, -0.1) is 0 Å². The Balaban J connectivity index is 1.37. The van der Waals surface area contributed by atoms with Gasteiger partial charge in [0.1, 0.15) is 29.9 Å². The summed E-state index contributed by atoms with van der Waals surface area (Å²) in [5.41, 5.74) is 9.91. The van der Waals surface area contributed by atoms with E-state index in [4.69, 9.17) is 10.5 Å². The van der Waals surface area contributed by atoms with Gasteiger partial charge >= 0.3 is 5.97 Å². The Labute approximate surface area is 357 Å². The molecule has 0 bridgehead atoms. The number of carbonyl (C=O) groups excluding carboxylic acids is 4. The third-order valence-corrected chi connectivity index (χ3v) is 10.9. The molecule has 0 aliphatic rings. The van der Waals surface area contributed by atoms with Crippen LogP contribution in [0.4, 0.5) is 0 Å². The quantitative estimate of drug-likeness (QED) is 0.0501. The molecule has 5 rings (SSSR count). The Bertz CT molecular complexity index is 2230. The van der Waals surface area contributed by atoms with E-state index >= 15 is 0 Å². The monoisotopic (exact) mass is 827 g/mol. The molecular weight excluding hydrogens is 771 g/mol. The van der Waals surface area contributed by atoms with E-state index in [1.54, 1.807) is 14.0 Å². The molecule has 320 valence electrons. The summed E-state index contributed by atoms with van der Waals surface area (Å²) in [5.74, 6) is -3.38. The third-order valence-electron chi connectivity index (χ3n) is 10.9. The van der Waals surface area contributed by atoms with Crippen molar-refractivity contribution in [3.8, 4) is 5.75 Å². The maximum absolute atomic E-state index is 14.4. The Kier molecular flexibility index (Phi) is 17.0. The SMILES string of the molecule is CCc1ccc(CC(NC(=O)C(CCCCN)NC(=O)C(Cc2ccccc2)NC(=O)C(Cc2ccccc2)NC(=O)C(C)c2ccc3cc(OC)ccc3c2)C(=O)O)cc1. The summed E-state index contributed by atoms with van der Waals surface area (Å²) in [6.45, 7) is 4.16. The van der Waals surface area contributed by atoms with Crippen molar-refractivity contribution < 1.29 is 33.8 Å². The van der Waals surface area contributed by atoms with E-state index in [-0.39, 0.29) is 31.6 Å². The van der Waals surface area contributed by atoms with Crippen molar-refractivity contribution in [2.75, 3.05) is 13.7 Å². The van der Waals surface area contributed by atoms with Crippen LogP contribution in [0.3, 0.4) is 0 Å². The van der Waals surface area contributed by atoms with Crippen molar-refractivity contribution in [1.29, 1.82) is 0 Å². The van der Waals surface area contributed by atoms with Gasteiger partial charge in [-0.2, -0.15) is 0 Å². The molecule has 5 aromatic carbocycles. The van der Waals surface area contributed by atoms with Gasteiger partial charge in [0, 0.05) is 19.3 Å². The molecule has 5 atom stereocenters. The molecule has 0 aromatic heterocycles. The summed E-state index contributed by atoms with van der Waals surface area (Å²) in [7, 11) is 1.61. The highest BCUT2D eigenvalue weighted by atomic mass is 16.5. The second-order valence-electron chi connectivity index (χ2n) is 15.3. The Hall–Kier alpha value is -6.53. The Morgan fingerprint density at radius 3 is 1.61 bits per heavy atom. The van der Waals surface area contributed by atoms with Crippen LogP contribution in [0.2, 0.25) is 0 Å². The van der Waals surface area contributed by atoms with Crippen LogP contribution in [0.1, 0.15) is 66.8 Å². The molecule has 0 spiro atoms. The lowest BCUT2D eigenvalue weighted by Gasteiger charge is -2.27. The molecule has 5 aromatic rings. The van der Waals surface area contributed by atoms with Gasteiger partial charge in [0.25, 0.3) is 0 Å². The third kappa shape index (κ3) is 13.5. The normalized spacial score (nSPS) is 13.5. The van der Waals surface area contributed by atoms with Crippen molar-refractivity contribution in [3.05, 3.63) is 149 Å². The van der Waals surface area contributed by atoms with Gasteiger partial charge in [0.15, 0.2) is 0 Å². The highest BCUT2D eigenvalue weighted by Gasteiger charge is 2.32. The van der Waals surface area contributed by atoms with Crippen LogP contribution in [-0.4, -0.2) is 72.5 Å². The van der Waals surface area contributed by atoms with Gasteiger partial charge in [0.05, 0.1) is 13.0 Å². The summed E-state index contributed by atoms with van der Waals surface area (Å²) in [6, 6.07) is 32.7. The second-order valence-corrected chi connectivity index (χ2v) is 15.3. The lowest BCUT2D eigenvalue weighted by atomic mass is 9.96. The molecule has 0 saturated carbocycles. The van der Waals surface area contributed by atoms with E-state index in [2.05, 4.69) is 21.3 Å². The van der Waals surface area contributed by atoms with Crippen LogP contribution in [-0.2, 0) is 49.7 Å². The molecule has 5 unspecified atom stereocenters. The Morgan fingerprint density at radius 1 is 0.574 bits per heavy atom. The molecule has 0 aliphatic carbocycles. The molecule has 0 radical (unpaired) electrons. The molecular formula is C49H57N5O7. The van der Waals surface area contributed by atoms with Crippen molar-refractivity contribution in [1.82, 2.24) is 21.3 Å². The highest BCUT2D eigenvalue weighted by Crippen LogP contribution is 2.25. The lowest BCUT2D eigenvalue weighted by molar-refractivity contribution is -0.142. The topological polar surface area (TPSA) is 189 Å². The maximum Gasteiger partial charge on any atom is 0.326 e. The summed E-state index contributed by atoms with van der Waals surface area (Å²) in [6.07, 6.45) is 2.34. The van der Waals surface area contributed by atoms with Gasteiger partial charge in [-0.3, -0.25) is 19.2 Å². The molecule has 12 nitrogen and oxygen atoms in total. The van der Waals surface area contributed by atoms with Crippen LogP contribution >= 0.6 is 0 Å². The number of hydrogen-bond donors (Lipinski definition) is 6. The van der Waals surface area contributed by atoms with Crippen LogP contribution in [0, 0.1) is 0 Å². The fraction of sp³-hybridized carbons (Fsp3) is 0.327. The predicted octanol–water partition coefficient (Wildman–Crippen LogP) is 5.40. The van der Waals surface area contributed by atoms with Crippen LogP contribution in [0.5, 0.6) is 5.75 Å². The number of carbonyl (C=O) groups is 5. The van der Waals surface area contributed by atoms with Crippen LogP contribution in [0.15, 0.2) is 121 Å². The van der Waals surface area contributed by atoms with Gasteiger partial charge in [-0.05, 0) is 89.9 Å². The molecule has 0 aliphatic heterocycles. The average Bonchev–Trinajstić information content (AvgIpc) is 3.28. The highest BCUT2D eigenvalue weighted by molar-refractivity contribution is 5.96. The van der Waals surface area contributed by atoms with E-state index in [1.807, 2.05) is 128 Å². The first-order chi connectivity index (χ1) is 29.5. The van der Waals surface area contributed by atoms with E-state index in [9.17, 15) is 29.1 Å². The van der Waals surface area contributed by atoms with Crippen molar-refractivity contribution in [3.63, 3.8) is 0 Å². The zero-order valence-electron chi connectivity index (χ0n) is 35.1. The first-order valence-electron chi connectivity index (χ1n) is 20.9. The number of rotatable bonds is 22. The Morgan fingerprint density at radius 2 is 1.05 bits per heavy atom. The van der Waals surface area contributed by atoms with E-state index in [0.717, 1.165) is 50.8 Å². The summed E-state index contributed by atoms with van der Waals surface area (Å²) >= 11 is 0. The molecule has 7 N–H and O–H groups in total. The zero-order chi connectivity index (χ0) is 43.7. The van der Waals surface area contributed by atoms with Gasteiger partial charge in [0.2, 0.25) is 23.6 Å². The number of carboxylic acid groups (broad SMARTS) is 1. The van der Waals surface area contributed by atoms with E-state index < -0.39 is 53.8 Å². The molecule has 0 fully saturated rings. The molecule has 0 heterocycles. The number of aliphatic carboxylic acids is 1. The van der Waals surface area contributed by atoms with E-state index in [1.165, 1.54) is 0 Å². The minimum atomic E-state index is -1.25. The number of methoxy groups -OCH3 is 1.